The van der Waals surface area contributed by atoms with E-state index in [0.717, 1.165) is 31.2 Å². The van der Waals surface area contributed by atoms with E-state index < -0.39 is 11.9 Å². The quantitative estimate of drug-likeness (QED) is 0.0957. The number of benzene rings is 3. The molecule has 3 rings (SSSR count). The van der Waals surface area contributed by atoms with Crippen LogP contribution in [-0.4, -0.2) is 11.9 Å². The van der Waals surface area contributed by atoms with Gasteiger partial charge in [0, 0.05) is 5.56 Å². The minimum atomic E-state index is -0.572. The second kappa shape index (κ2) is 17.0. The van der Waals surface area contributed by atoms with Gasteiger partial charge in [-0.2, -0.15) is 0 Å². The van der Waals surface area contributed by atoms with Gasteiger partial charge in [-0.3, -0.25) is 9.78 Å². The molecule has 214 valence electrons. The molecule has 0 unspecified atom stereocenters. The van der Waals surface area contributed by atoms with E-state index in [1.165, 1.54) is 49.7 Å². The van der Waals surface area contributed by atoms with E-state index in [9.17, 15) is 9.59 Å². The lowest BCUT2D eigenvalue weighted by molar-refractivity contribution is -0.152. The Balaban J connectivity index is 1.47. The van der Waals surface area contributed by atoms with Crippen LogP contribution in [0.3, 0.4) is 0 Å². The van der Waals surface area contributed by atoms with Crippen LogP contribution in [0.4, 0.5) is 0 Å². The van der Waals surface area contributed by atoms with Crippen LogP contribution >= 0.6 is 0 Å². The van der Waals surface area contributed by atoms with Gasteiger partial charge in [-0.15, -0.1) is 0 Å². The van der Waals surface area contributed by atoms with E-state index in [-0.39, 0.29) is 0 Å². The molecule has 0 radical (unpaired) electrons. The molecular weight excluding hydrogens is 504 g/mol. The van der Waals surface area contributed by atoms with Gasteiger partial charge in [0.15, 0.2) is 11.5 Å². The Morgan fingerprint density at radius 3 is 1.55 bits per heavy atom. The summed E-state index contributed by atoms with van der Waals surface area (Å²) in [6.45, 7) is 6.33. The Hall–Kier alpha value is -3.80. The van der Waals surface area contributed by atoms with E-state index in [1.807, 2.05) is 31.2 Å². The molecule has 6 nitrogen and oxygen atoms in total. The van der Waals surface area contributed by atoms with Crippen LogP contribution < -0.4 is 9.78 Å². The molecule has 0 heterocycles. The summed E-state index contributed by atoms with van der Waals surface area (Å²) in [5.41, 5.74) is 3.98. The highest BCUT2D eigenvalue weighted by Gasteiger charge is 2.14. The van der Waals surface area contributed by atoms with Gasteiger partial charge < -0.3 is 0 Å². The Labute approximate surface area is 238 Å². The molecular formula is C34H42O6. The molecule has 3 aromatic carbocycles. The zero-order valence-corrected chi connectivity index (χ0v) is 24.1. The van der Waals surface area contributed by atoms with Crippen molar-refractivity contribution in [1.82, 2.24) is 0 Å². The first-order valence-corrected chi connectivity index (χ1v) is 14.6. The first-order valence-electron chi connectivity index (χ1n) is 14.6. The SMILES string of the molecule is CCCCCCc1ccc(C(=O)OOc2ccc(OOC(=O)c3ccc(CCCCCC)cc3)c(CC)c2)cc1. The van der Waals surface area contributed by atoms with Gasteiger partial charge in [-0.1, -0.05) is 83.6 Å². The van der Waals surface area contributed by atoms with Crippen molar-refractivity contribution in [2.75, 3.05) is 0 Å². The maximum absolute atomic E-state index is 12.5. The van der Waals surface area contributed by atoms with E-state index >= 15 is 0 Å². The molecule has 0 spiro atoms. The van der Waals surface area contributed by atoms with Crippen molar-refractivity contribution >= 4 is 11.9 Å². The van der Waals surface area contributed by atoms with Gasteiger partial charge in [-0.05, 0) is 85.7 Å². The minimum Gasteiger partial charge on any atom is -0.287 e. The highest BCUT2D eigenvalue weighted by molar-refractivity contribution is 5.89. The Morgan fingerprint density at radius 2 is 1.07 bits per heavy atom. The summed E-state index contributed by atoms with van der Waals surface area (Å²) < 4.78 is 0. The van der Waals surface area contributed by atoms with Crippen molar-refractivity contribution in [3.8, 4) is 11.5 Å². The highest BCUT2D eigenvalue weighted by Crippen LogP contribution is 2.26. The topological polar surface area (TPSA) is 71.1 Å². The zero-order valence-electron chi connectivity index (χ0n) is 24.1. The molecule has 0 aliphatic rings. The largest absolute Gasteiger partial charge is 0.386 e. The summed E-state index contributed by atoms with van der Waals surface area (Å²) in [5, 5.41) is 0. The third-order valence-corrected chi connectivity index (χ3v) is 6.85. The van der Waals surface area contributed by atoms with Crippen LogP contribution in [0.1, 0.15) is 110 Å². The molecule has 0 aromatic heterocycles. The summed E-state index contributed by atoms with van der Waals surface area (Å²) in [4.78, 5) is 45.7. The van der Waals surface area contributed by atoms with Gasteiger partial charge >= 0.3 is 11.9 Å². The fourth-order valence-corrected chi connectivity index (χ4v) is 4.36. The van der Waals surface area contributed by atoms with Gasteiger partial charge in [0.2, 0.25) is 0 Å². The predicted molar refractivity (Wildman–Crippen MR) is 156 cm³/mol. The molecule has 0 aliphatic heterocycles. The average molecular weight is 547 g/mol. The molecule has 0 amide bonds. The molecule has 0 atom stereocenters. The maximum Gasteiger partial charge on any atom is 0.386 e. The summed E-state index contributed by atoms with van der Waals surface area (Å²) in [7, 11) is 0. The highest BCUT2D eigenvalue weighted by atomic mass is 17.2. The van der Waals surface area contributed by atoms with Crippen LogP contribution in [0.5, 0.6) is 11.5 Å². The summed E-state index contributed by atoms with van der Waals surface area (Å²) >= 11 is 0. The number of unbranched alkanes of at least 4 members (excludes halogenated alkanes) is 6. The maximum atomic E-state index is 12.5. The van der Waals surface area contributed by atoms with Crippen LogP contribution in [0.15, 0.2) is 66.7 Å². The molecule has 0 saturated carbocycles. The van der Waals surface area contributed by atoms with Crippen LogP contribution in [-0.2, 0) is 29.0 Å². The van der Waals surface area contributed by atoms with E-state index in [4.69, 9.17) is 19.6 Å². The second-order valence-electron chi connectivity index (χ2n) is 10.0. The van der Waals surface area contributed by atoms with Gasteiger partial charge in [-0.25, -0.2) is 19.4 Å². The fraction of sp³-hybridized carbons (Fsp3) is 0.412. The van der Waals surface area contributed by atoms with Crippen LogP contribution in [0, 0.1) is 0 Å². The summed E-state index contributed by atoms with van der Waals surface area (Å²) in [6, 6.07) is 19.7. The van der Waals surface area contributed by atoms with Gasteiger partial charge in [0.1, 0.15) is 0 Å². The van der Waals surface area contributed by atoms with Gasteiger partial charge in [0.25, 0.3) is 0 Å². The lowest BCUT2D eigenvalue weighted by Crippen LogP contribution is -2.10. The molecule has 3 aromatic rings. The molecule has 0 saturated heterocycles. The lowest BCUT2D eigenvalue weighted by atomic mass is 10.0. The Kier molecular flexibility index (Phi) is 13.1. The fourth-order valence-electron chi connectivity index (χ4n) is 4.36. The first-order chi connectivity index (χ1) is 19.5. The standard InChI is InChI=1S/C34H42O6/c1-4-7-9-11-13-26-15-19-29(20-16-26)33(35)39-37-31-23-24-32(28(6-3)25-31)38-40-34(36)30-21-17-27(18-22-30)14-12-10-8-5-2/h15-25H,4-14H2,1-3H3. The molecule has 0 N–H and O–H groups in total. The van der Waals surface area contributed by atoms with E-state index in [1.54, 1.807) is 42.5 Å². The third kappa shape index (κ3) is 10.1. The number of carbonyl (C=O) groups is 2. The van der Waals surface area contributed by atoms with Crippen molar-refractivity contribution in [2.24, 2.45) is 0 Å². The number of hydrogen-bond acceptors (Lipinski definition) is 6. The first kappa shape index (κ1) is 30.7. The molecule has 6 heteroatoms. The van der Waals surface area contributed by atoms with Crippen LogP contribution in [0.25, 0.3) is 0 Å². The lowest BCUT2D eigenvalue weighted by Gasteiger charge is -2.11. The van der Waals surface area contributed by atoms with Gasteiger partial charge in [0.05, 0.1) is 11.1 Å². The molecule has 40 heavy (non-hydrogen) atoms. The number of rotatable bonds is 17. The van der Waals surface area contributed by atoms with Crippen molar-refractivity contribution in [3.05, 3.63) is 94.5 Å². The smallest absolute Gasteiger partial charge is 0.287 e. The summed E-state index contributed by atoms with van der Waals surface area (Å²) in [5.74, 6) is -0.417. The molecule has 0 fully saturated rings. The normalized spacial score (nSPS) is 10.7. The number of aryl methyl sites for hydroxylation is 3. The van der Waals surface area contributed by atoms with Crippen molar-refractivity contribution in [1.29, 1.82) is 0 Å². The second-order valence-corrected chi connectivity index (χ2v) is 10.0. The summed E-state index contributed by atoms with van der Waals surface area (Å²) in [6.07, 6.45) is 12.2. The molecule has 0 bridgehead atoms. The van der Waals surface area contributed by atoms with Crippen LogP contribution in [0.2, 0.25) is 0 Å². The minimum absolute atomic E-state index is 0.339. The number of hydrogen-bond donors (Lipinski definition) is 0. The van der Waals surface area contributed by atoms with E-state index in [0.29, 0.717) is 29.0 Å². The van der Waals surface area contributed by atoms with Crippen molar-refractivity contribution in [2.45, 2.75) is 91.4 Å². The molecule has 0 aliphatic carbocycles. The Bertz CT molecular complexity index is 1180. The van der Waals surface area contributed by atoms with E-state index in [2.05, 4.69) is 13.8 Å². The Morgan fingerprint density at radius 1 is 0.575 bits per heavy atom. The zero-order chi connectivity index (χ0) is 28.6. The predicted octanol–water partition coefficient (Wildman–Crippen LogP) is 8.80. The van der Waals surface area contributed by atoms with Crippen molar-refractivity contribution in [3.63, 3.8) is 0 Å². The monoisotopic (exact) mass is 546 g/mol. The average Bonchev–Trinajstić information content (AvgIpc) is 2.99. The number of carbonyl (C=O) groups excluding carboxylic acids is 2. The third-order valence-electron chi connectivity index (χ3n) is 6.85. The van der Waals surface area contributed by atoms with Crippen molar-refractivity contribution < 1.29 is 29.1 Å².